The lowest BCUT2D eigenvalue weighted by Crippen LogP contribution is -2.21. The maximum absolute atomic E-state index is 9.04. The summed E-state index contributed by atoms with van der Waals surface area (Å²) in [4.78, 5) is 0. The van der Waals surface area contributed by atoms with E-state index in [1.807, 2.05) is 0 Å². The number of ether oxygens (including phenoxy) is 1. The Labute approximate surface area is 95.4 Å². The van der Waals surface area contributed by atoms with E-state index < -0.39 is 6.10 Å². The molecule has 0 aromatic heterocycles. The Kier molecular flexibility index (Phi) is 4.68. The van der Waals surface area contributed by atoms with Gasteiger partial charge < -0.3 is 14.9 Å². The molecule has 0 radical (unpaired) electrons. The second kappa shape index (κ2) is 5.56. The lowest BCUT2D eigenvalue weighted by Gasteiger charge is -2.10. The highest BCUT2D eigenvalue weighted by molar-refractivity contribution is 9.10. The van der Waals surface area contributed by atoms with Gasteiger partial charge in [0, 0.05) is 4.47 Å². The molecule has 0 heterocycles. The molecule has 0 aliphatic heterocycles. The molecule has 5 heteroatoms. The van der Waals surface area contributed by atoms with Crippen molar-refractivity contribution in [1.82, 2.24) is 0 Å². The van der Waals surface area contributed by atoms with E-state index in [1.165, 1.54) is 0 Å². The molecule has 0 saturated heterocycles. The van der Waals surface area contributed by atoms with Crippen LogP contribution >= 0.6 is 27.5 Å². The number of aliphatic hydroxyl groups excluding tert-OH is 2. The SMILES string of the molecule is OC[C@@H](O)COc1ccc(Br)cc1Cl. The predicted octanol–water partition coefficient (Wildman–Crippen LogP) is 1.83. The lowest BCUT2D eigenvalue weighted by atomic mass is 10.3. The lowest BCUT2D eigenvalue weighted by molar-refractivity contribution is 0.0536. The van der Waals surface area contributed by atoms with Crippen LogP contribution in [0.3, 0.4) is 0 Å². The first kappa shape index (κ1) is 11.8. The van der Waals surface area contributed by atoms with Crippen LogP contribution in [0.15, 0.2) is 22.7 Å². The van der Waals surface area contributed by atoms with Crippen molar-refractivity contribution in [1.29, 1.82) is 0 Å². The van der Waals surface area contributed by atoms with Gasteiger partial charge in [-0.2, -0.15) is 0 Å². The average Bonchev–Trinajstić information content (AvgIpc) is 2.16. The fourth-order valence-electron chi connectivity index (χ4n) is 0.831. The molecule has 0 saturated carbocycles. The van der Waals surface area contributed by atoms with E-state index in [2.05, 4.69) is 15.9 Å². The molecule has 0 bridgehead atoms. The van der Waals surface area contributed by atoms with Crippen LogP contribution in [0.25, 0.3) is 0 Å². The number of aliphatic hydroxyl groups is 2. The minimum Gasteiger partial charge on any atom is -0.489 e. The van der Waals surface area contributed by atoms with E-state index in [9.17, 15) is 0 Å². The van der Waals surface area contributed by atoms with E-state index >= 15 is 0 Å². The molecule has 1 atom stereocenters. The van der Waals surface area contributed by atoms with Crippen LogP contribution in [0.1, 0.15) is 0 Å². The third kappa shape index (κ3) is 3.46. The number of hydrogen-bond acceptors (Lipinski definition) is 3. The highest BCUT2D eigenvalue weighted by atomic mass is 79.9. The van der Waals surface area contributed by atoms with Crippen molar-refractivity contribution in [2.24, 2.45) is 0 Å². The van der Waals surface area contributed by atoms with Gasteiger partial charge in [0.2, 0.25) is 0 Å². The first-order chi connectivity index (χ1) is 6.63. The van der Waals surface area contributed by atoms with Crippen LogP contribution in [0.5, 0.6) is 5.75 Å². The largest absolute Gasteiger partial charge is 0.489 e. The molecular formula is C9H10BrClO3. The van der Waals surface area contributed by atoms with Gasteiger partial charge in [-0.1, -0.05) is 27.5 Å². The fraction of sp³-hybridized carbons (Fsp3) is 0.333. The third-order valence-electron chi connectivity index (χ3n) is 1.54. The Balaban J connectivity index is 2.59. The molecular weight excluding hydrogens is 271 g/mol. The van der Waals surface area contributed by atoms with Crippen molar-refractivity contribution < 1.29 is 14.9 Å². The highest BCUT2D eigenvalue weighted by Crippen LogP contribution is 2.27. The summed E-state index contributed by atoms with van der Waals surface area (Å²) in [5, 5.41) is 18.1. The van der Waals surface area contributed by atoms with E-state index in [4.69, 9.17) is 26.6 Å². The summed E-state index contributed by atoms with van der Waals surface area (Å²) in [6.45, 7) is -0.300. The van der Waals surface area contributed by atoms with Crippen LogP contribution in [-0.4, -0.2) is 29.5 Å². The zero-order chi connectivity index (χ0) is 10.6. The van der Waals surface area contributed by atoms with Crippen LogP contribution in [0, 0.1) is 0 Å². The van der Waals surface area contributed by atoms with Crippen molar-refractivity contribution in [2.45, 2.75) is 6.10 Å². The summed E-state index contributed by atoms with van der Waals surface area (Å²) in [7, 11) is 0. The van der Waals surface area contributed by atoms with Gasteiger partial charge in [0.25, 0.3) is 0 Å². The summed E-state index contributed by atoms with van der Waals surface area (Å²) in [6.07, 6.45) is -0.880. The van der Waals surface area contributed by atoms with Gasteiger partial charge in [-0.3, -0.25) is 0 Å². The number of hydrogen-bond donors (Lipinski definition) is 2. The van der Waals surface area contributed by atoms with Crippen molar-refractivity contribution in [2.75, 3.05) is 13.2 Å². The molecule has 0 fully saturated rings. The van der Waals surface area contributed by atoms with Gasteiger partial charge in [-0.05, 0) is 18.2 Å². The van der Waals surface area contributed by atoms with Gasteiger partial charge in [0.05, 0.1) is 11.6 Å². The summed E-state index contributed by atoms with van der Waals surface area (Å²) in [5.74, 6) is 0.488. The molecule has 0 spiro atoms. The first-order valence-corrected chi connectivity index (χ1v) is 5.17. The van der Waals surface area contributed by atoms with Crippen LogP contribution < -0.4 is 4.74 Å². The van der Waals surface area contributed by atoms with Crippen molar-refractivity contribution >= 4 is 27.5 Å². The molecule has 1 rings (SSSR count). The smallest absolute Gasteiger partial charge is 0.138 e. The Hall–Kier alpha value is -0.290. The predicted molar refractivity (Wildman–Crippen MR) is 57.7 cm³/mol. The maximum Gasteiger partial charge on any atom is 0.138 e. The Morgan fingerprint density at radius 1 is 1.50 bits per heavy atom. The zero-order valence-corrected chi connectivity index (χ0v) is 9.62. The Morgan fingerprint density at radius 2 is 2.21 bits per heavy atom. The van der Waals surface area contributed by atoms with E-state index in [1.54, 1.807) is 18.2 Å². The van der Waals surface area contributed by atoms with Crippen LogP contribution in [0.4, 0.5) is 0 Å². The summed E-state index contributed by atoms with van der Waals surface area (Å²) >= 11 is 9.12. The minimum absolute atomic E-state index is 0.0256. The second-order valence-electron chi connectivity index (χ2n) is 2.72. The molecule has 0 aliphatic carbocycles. The Bertz CT molecular complexity index is 306. The van der Waals surface area contributed by atoms with E-state index in [0.29, 0.717) is 10.8 Å². The molecule has 1 aromatic rings. The molecule has 0 unspecified atom stereocenters. The zero-order valence-electron chi connectivity index (χ0n) is 7.28. The van der Waals surface area contributed by atoms with Crippen LogP contribution in [0.2, 0.25) is 5.02 Å². The van der Waals surface area contributed by atoms with Gasteiger partial charge >= 0.3 is 0 Å². The Morgan fingerprint density at radius 3 is 2.79 bits per heavy atom. The maximum atomic E-state index is 9.04. The van der Waals surface area contributed by atoms with Crippen molar-refractivity contribution in [3.63, 3.8) is 0 Å². The monoisotopic (exact) mass is 280 g/mol. The standard InChI is InChI=1S/C9H10BrClO3/c10-6-1-2-9(8(11)3-6)14-5-7(13)4-12/h1-3,7,12-13H,4-5H2/t7-/m1/s1. The van der Waals surface area contributed by atoms with Crippen molar-refractivity contribution in [3.05, 3.63) is 27.7 Å². The molecule has 78 valence electrons. The molecule has 1 aromatic carbocycles. The number of rotatable bonds is 4. The second-order valence-corrected chi connectivity index (χ2v) is 4.05. The highest BCUT2D eigenvalue weighted by Gasteiger charge is 2.06. The minimum atomic E-state index is -0.880. The molecule has 14 heavy (non-hydrogen) atoms. The van der Waals surface area contributed by atoms with Gasteiger partial charge in [-0.15, -0.1) is 0 Å². The summed E-state index contributed by atoms with van der Waals surface area (Å²) < 4.78 is 6.04. The van der Waals surface area contributed by atoms with Crippen molar-refractivity contribution in [3.8, 4) is 5.75 Å². The molecule has 3 nitrogen and oxygen atoms in total. The quantitative estimate of drug-likeness (QED) is 0.885. The molecule has 0 amide bonds. The average molecular weight is 282 g/mol. The van der Waals surface area contributed by atoms with E-state index in [0.717, 1.165) is 4.47 Å². The summed E-state index contributed by atoms with van der Waals surface area (Å²) in [5.41, 5.74) is 0. The normalized spacial score (nSPS) is 12.6. The topological polar surface area (TPSA) is 49.7 Å². The summed E-state index contributed by atoms with van der Waals surface area (Å²) in [6, 6.07) is 5.17. The van der Waals surface area contributed by atoms with Gasteiger partial charge in [-0.25, -0.2) is 0 Å². The third-order valence-corrected chi connectivity index (χ3v) is 2.32. The number of benzene rings is 1. The van der Waals surface area contributed by atoms with Gasteiger partial charge in [0.1, 0.15) is 18.5 Å². The molecule has 0 aliphatic rings. The number of halogens is 2. The van der Waals surface area contributed by atoms with E-state index in [-0.39, 0.29) is 13.2 Å². The molecule has 2 N–H and O–H groups in total. The van der Waals surface area contributed by atoms with Gasteiger partial charge in [0.15, 0.2) is 0 Å². The van der Waals surface area contributed by atoms with Crippen LogP contribution in [-0.2, 0) is 0 Å². The first-order valence-electron chi connectivity index (χ1n) is 4.00. The fourth-order valence-corrected chi connectivity index (χ4v) is 1.56.